The van der Waals surface area contributed by atoms with E-state index < -0.39 is 10.8 Å². The number of nitrogens with one attached hydrogen (secondary N) is 2. The zero-order valence-electron chi connectivity index (χ0n) is 13.5. The first kappa shape index (κ1) is 15.9. The average molecular weight is 350 g/mol. The van der Waals surface area contributed by atoms with Crippen molar-refractivity contribution in [2.24, 2.45) is 11.0 Å². The molecule has 0 bridgehead atoms. The Balaban J connectivity index is 1.50. The highest BCUT2D eigenvalue weighted by molar-refractivity contribution is 6.53. The smallest absolute Gasteiger partial charge is 0.276 e. The fraction of sp³-hybridized carbons (Fsp3) is 0.167. The van der Waals surface area contributed by atoms with Crippen molar-refractivity contribution in [2.45, 2.75) is 12.3 Å². The summed E-state index contributed by atoms with van der Waals surface area (Å²) in [4.78, 5) is 34.7. The molecule has 1 fully saturated rings. The van der Waals surface area contributed by atoms with E-state index in [2.05, 4.69) is 15.8 Å². The largest absolute Gasteiger partial charge is 0.320 e. The molecule has 2 amide bonds. The molecule has 1 aliphatic heterocycles. The highest BCUT2D eigenvalue weighted by Crippen LogP contribution is 2.47. The number of hydrogen-bond acceptors (Lipinski definition) is 5. The predicted octanol–water partition coefficient (Wildman–Crippen LogP) is 2.17. The van der Waals surface area contributed by atoms with Crippen LogP contribution in [0, 0.1) is 16.0 Å². The van der Waals surface area contributed by atoms with Crippen LogP contribution in [-0.2, 0) is 9.59 Å². The summed E-state index contributed by atoms with van der Waals surface area (Å²) in [5.41, 5.74) is 4.08. The summed E-state index contributed by atoms with van der Waals surface area (Å²) < 4.78 is 0. The minimum Gasteiger partial charge on any atom is -0.320 e. The van der Waals surface area contributed by atoms with Gasteiger partial charge in [-0.2, -0.15) is 5.10 Å². The number of nitro benzene ring substituents is 1. The summed E-state index contributed by atoms with van der Waals surface area (Å²) in [6.07, 6.45) is 0.731. The van der Waals surface area contributed by atoms with E-state index in [0.717, 1.165) is 12.0 Å². The molecule has 2 N–H and O–H groups in total. The molecule has 0 aromatic heterocycles. The van der Waals surface area contributed by atoms with Crippen molar-refractivity contribution in [1.29, 1.82) is 0 Å². The maximum atomic E-state index is 12.3. The van der Waals surface area contributed by atoms with Crippen LogP contribution in [0.4, 0.5) is 11.4 Å². The zero-order chi connectivity index (χ0) is 18.3. The molecule has 130 valence electrons. The quantitative estimate of drug-likeness (QED) is 0.650. The Kier molecular flexibility index (Phi) is 3.72. The van der Waals surface area contributed by atoms with Crippen molar-refractivity contribution in [3.8, 4) is 0 Å². The molecule has 0 radical (unpaired) electrons. The minimum absolute atomic E-state index is 0.0334. The van der Waals surface area contributed by atoms with Crippen LogP contribution in [-0.4, -0.2) is 22.4 Å². The number of amides is 2. The van der Waals surface area contributed by atoms with Gasteiger partial charge >= 0.3 is 0 Å². The van der Waals surface area contributed by atoms with Gasteiger partial charge in [-0.25, -0.2) is 5.43 Å². The Hall–Kier alpha value is -3.55. The van der Waals surface area contributed by atoms with Gasteiger partial charge in [0.2, 0.25) is 5.91 Å². The Morgan fingerprint density at radius 1 is 1.23 bits per heavy atom. The van der Waals surface area contributed by atoms with E-state index in [1.165, 1.54) is 18.2 Å². The van der Waals surface area contributed by atoms with Gasteiger partial charge < -0.3 is 5.32 Å². The molecule has 0 spiro atoms. The summed E-state index contributed by atoms with van der Waals surface area (Å²) in [5.74, 6) is -0.799. The van der Waals surface area contributed by atoms with Gasteiger partial charge in [0.25, 0.3) is 11.6 Å². The van der Waals surface area contributed by atoms with E-state index in [1.807, 2.05) is 30.3 Å². The number of hydrazone groups is 1. The Morgan fingerprint density at radius 2 is 2.00 bits per heavy atom. The monoisotopic (exact) mass is 350 g/mol. The fourth-order valence-electron chi connectivity index (χ4n) is 3.11. The first-order valence-electron chi connectivity index (χ1n) is 8.07. The molecule has 2 atom stereocenters. The molecular weight excluding hydrogens is 336 g/mol. The lowest BCUT2D eigenvalue weighted by Crippen LogP contribution is -2.25. The maximum absolute atomic E-state index is 12.3. The van der Waals surface area contributed by atoms with E-state index in [9.17, 15) is 19.7 Å². The third-order valence-corrected chi connectivity index (χ3v) is 4.57. The number of benzene rings is 2. The molecule has 1 aliphatic carbocycles. The lowest BCUT2D eigenvalue weighted by Gasteiger charge is -2.01. The van der Waals surface area contributed by atoms with Crippen molar-refractivity contribution < 1.29 is 14.5 Å². The summed E-state index contributed by atoms with van der Waals surface area (Å²) in [7, 11) is 0. The van der Waals surface area contributed by atoms with Gasteiger partial charge in [0.15, 0.2) is 5.71 Å². The Labute approximate surface area is 148 Å². The van der Waals surface area contributed by atoms with E-state index in [-0.39, 0.29) is 29.1 Å². The second kappa shape index (κ2) is 6.07. The van der Waals surface area contributed by atoms with Gasteiger partial charge in [0.05, 0.1) is 10.6 Å². The highest BCUT2D eigenvalue weighted by atomic mass is 16.6. The van der Waals surface area contributed by atoms with E-state index in [0.29, 0.717) is 11.3 Å². The number of carbonyl (C=O) groups is 2. The molecule has 0 saturated heterocycles. The molecule has 2 aromatic carbocycles. The van der Waals surface area contributed by atoms with E-state index in [4.69, 9.17) is 0 Å². The molecule has 1 heterocycles. The SMILES string of the molecule is O=C1Nc2ccc([N+](=O)[O-])cc2/C1=N/NC(=O)C1CC1c1ccccc1. The molecule has 2 aliphatic rings. The van der Waals surface area contributed by atoms with Crippen LogP contribution in [0.25, 0.3) is 0 Å². The Morgan fingerprint density at radius 3 is 2.73 bits per heavy atom. The average Bonchev–Trinajstić information content (AvgIpc) is 3.38. The van der Waals surface area contributed by atoms with Crippen LogP contribution in [0.3, 0.4) is 0 Å². The van der Waals surface area contributed by atoms with Crippen molar-refractivity contribution in [1.82, 2.24) is 5.43 Å². The highest BCUT2D eigenvalue weighted by Gasteiger charge is 2.44. The summed E-state index contributed by atoms with van der Waals surface area (Å²) in [5, 5.41) is 17.4. The topological polar surface area (TPSA) is 114 Å². The lowest BCUT2D eigenvalue weighted by molar-refractivity contribution is -0.384. The molecule has 26 heavy (non-hydrogen) atoms. The number of hydrogen-bond donors (Lipinski definition) is 2. The minimum atomic E-state index is -0.548. The van der Waals surface area contributed by atoms with Crippen LogP contribution >= 0.6 is 0 Å². The summed E-state index contributed by atoms with van der Waals surface area (Å²) in [6, 6.07) is 13.7. The van der Waals surface area contributed by atoms with Crippen LogP contribution < -0.4 is 10.7 Å². The van der Waals surface area contributed by atoms with Crippen LogP contribution in [0.15, 0.2) is 53.6 Å². The van der Waals surface area contributed by atoms with Crippen molar-refractivity contribution in [3.05, 3.63) is 69.8 Å². The van der Waals surface area contributed by atoms with Crippen LogP contribution in [0.2, 0.25) is 0 Å². The first-order chi connectivity index (χ1) is 12.5. The molecule has 1 saturated carbocycles. The number of fused-ring (bicyclic) bond motifs is 1. The summed E-state index contributed by atoms with van der Waals surface area (Å²) in [6.45, 7) is 0. The Bertz CT molecular complexity index is 955. The van der Waals surface area contributed by atoms with Crippen LogP contribution in [0.1, 0.15) is 23.5 Å². The summed E-state index contributed by atoms with van der Waals surface area (Å²) >= 11 is 0. The number of nitrogens with zero attached hydrogens (tertiary/aromatic N) is 2. The van der Waals surface area contributed by atoms with Gasteiger partial charge in [0.1, 0.15) is 0 Å². The number of non-ortho nitro benzene ring substituents is 1. The molecule has 4 rings (SSSR count). The van der Waals surface area contributed by atoms with Crippen molar-refractivity contribution in [3.63, 3.8) is 0 Å². The van der Waals surface area contributed by atoms with Gasteiger partial charge in [-0.05, 0) is 24.0 Å². The zero-order valence-corrected chi connectivity index (χ0v) is 13.5. The number of anilines is 1. The normalized spacial score (nSPS) is 21.8. The number of carbonyl (C=O) groups excluding carboxylic acids is 2. The molecule has 8 heteroatoms. The van der Waals surface area contributed by atoms with Crippen molar-refractivity contribution in [2.75, 3.05) is 5.32 Å². The molecule has 2 aromatic rings. The van der Waals surface area contributed by atoms with Gasteiger partial charge in [-0.1, -0.05) is 30.3 Å². The van der Waals surface area contributed by atoms with Gasteiger partial charge in [-0.15, -0.1) is 0 Å². The second-order valence-electron chi connectivity index (χ2n) is 6.24. The third-order valence-electron chi connectivity index (χ3n) is 4.57. The lowest BCUT2D eigenvalue weighted by atomic mass is 10.1. The predicted molar refractivity (Wildman–Crippen MR) is 93.7 cm³/mol. The van der Waals surface area contributed by atoms with Gasteiger partial charge in [-0.3, -0.25) is 19.7 Å². The van der Waals surface area contributed by atoms with E-state index >= 15 is 0 Å². The van der Waals surface area contributed by atoms with Crippen LogP contribution in [0.5, 0.6) is 0 Å². The molecule has 8 nitrogen and oxygen atoms in total. The molecular formula is C18H14N4O4. The second-order valence-corrected chi connectivity index (χ2v) is 6.24. The van der Waals surface area contributed by atoms with Gasteiger partial charge in [0, 0.05) is 23.6 Å². The van der Waals surface area contributed by atoms with E-state index in [1.54, 1.807) is 0 Å². The number of rotatable bonds is 4. The maximum Gasteiger partial charge on any atom is 0.276 e. The molecule has 2 unspecified atom stereocenters. The fourth-order valence-corrected chi connectivity index (χ4v) is 3.11. The first-order valence-corrected chi connectivity index (χ1v) is 8.07. The standard InChI is InChI=1S/C18H14N4O4/c23-17(13-9-12(13)10-4-2-1-3-5-10)21-20-16-14-8-11(22(25)26)6-7-15(14)19-18(16)24/h1-8,12-13H,9H2,(H,21,23)(H,19,20,24). The number of nitro groups is 1. The van der Waals surface area contributed by atoms with Crippen molar-refractivity contribution >= 4 is 28.9 Å². The third kappa shape index (κ3) is 2.81.